The monoisotopic (exact) mass is 297 g/mol. The summed E-state index contributed by atoms with van der Waals surface area (Å²) in [5.41, 5.74) is 1.27. The summed E-state index contributed by atoms with van der Waals surface area (Å²) in [7, 11) is 1.50. The van der Waals surface area contributed by atoms with Gasteiger partial charge in [-0.1, -0.05) is 0 Å². The first-order valence-electron chi connectivity index (χ1n) is 5.21. The van der Waals surface area contributed by atoms with Gasteiger partial charge in [0, 0.05) is 5.56 Å². The van der Waals surface area contributed by atoms with Crippen LogP contribution >= 0.6 is 15.9 Å². The molecule has 90 valence electrons. The van der Waals surface area contributed by atoms with Crippen LogP contribution < -0.4 is 4.74 Å². The van der Waals surface area contributed by atoms with Crippen LogP contribution in [-0.4, -0.2) is 18.3 Å². The van der Waals surface area contributed by atoms with Crippen LogP contribution in [0.15, 0.2) is 15.5 Å². The highest BCUT2D eigenvalue weighted by molar-refractivity contribution is 9.10. The van der Waals surface area contributed by atoms with Gasteiger partial charge in [0.1, 0.15) is 0 Å². The minimum absolute atomic E-state index is 0.0421. The zero-order chi connectivity index (χ0) is 12.6. The Kier molecular flexibility index (Phi) is 2.98. The number of ether oxygens (including phenoxy) is 1. The fourth-order valence-electron chi connectivity index (χ4n) is 2.09. The SMILES string of the molecule is COc1cc(C)c(C2(N=C=O)CC2)c(Br)c1O. The first-order chi connectivity index (χ1) is 8.05. The summed E-state index contributed by atoms with van der Waals surface area (Å²) in [5.74, 6) is 0.449. The van der Waals surface area contributed by atoms with E-state index in [0.29, 0.717) is 10.2 Å². The summed E-state index contributed by atoms with van der Waals surface area (Å²) in [5, 5.41) is 9.95. The van der Waals surface area contributed by atoms with Gasteiger partial charge in [-0.25, -0.2) is 4.79 Å². The number of halogens is 1. The van der Waals surface area contributed by atoms with Crippen molar-refractivity contribution in [2.45, 2.75) is 25.3 Å². The molecule has 1 saturated carbocycles. The average molecular weight is 298 g/mol. The van der Waals surface area contributed by atoms with E-state index >= 15 is 0 Å². The lowest BCUT2D eigenvalue weighted by atomic mass is 9.99. The van der Waals surface area contributed by atoms with Gasteiger partial charge in [-0.2, -0.15) is 4.99 Å². The highest BCUT2D eigenvalue weighted by atomic mass is 79.9. The molecular formula is C12H12BrNO3. The number of aliphatic imine (C=N–C) groups is 1. The van der Waals surface area contributed by atoms with Crippen LogP contribution in [0, 0.1) is 6.92 Å². The van der Waals surface area contributed by atoms with Crippen molar-refractivity contribution in [2.75, 3.05) is 7.11 Å². The fourth-order valence-corrected chi connectivity index (χ4v) is 2.96. The van der Waals surface area contributed by atoms with E-state index in [0.717, 1.165) is 24.0 Å². The molecule has 0 spiro atoms. The quantitative estimate of drug-likeness (QED) is 0.689. The first kappa shape index (κ1) is 12.1. The maximum Gasteiger partial charge on any atom is 0.235 e. The summed E-state index contributed by atoms with van der Waals surface area (Å²) in [6, 6.07) is 1.75. The molecule has 1 N–H and O–H groups in total. The smallest absolute Gasteiger partial charge is 0.235 e. The molecule has 0 heterocycles. The van der Waals surface area contributed by atoms with Gasteiger partial charge < -0.3 is 9.84 Å². The van der Waals surface area contributed by atoms with E-state index in [1.165, 1.54) is 7.11 Å². The number of methoxy groups -OCH3 is 1. The number of hydrogen-bond acceptors (Lipinski definition) is 4. The molecule has 17 heavy (non-hydrogen) atoms. The number of benzene rings is 1. The first-order valence-corrected chi connectivity index (χ1v) is 6.00. The van der Waals surface area contributed by atoms with Crippen molar-refractivity contribution in [3.63, 3.8) is 0 Å². The number of isocyanates is 1. The van der Waals surface area contributed by atoms with Crippen LogP contribution in [0.1, 0.15) is 24.0 Å². The molecule has 1 fully saturated rings. The Hall–Kier alpha value is -1.32. The Balaban J connectivity index is 2.63. The molecule has 2 rings (SSSR count). The lowest BCUT2D eigenvalue weighted by Gasteiger charge is -2.17. The maximum atomic E-state index is 10.5. The molecule has 0 aliphatic heterocycles. The van der Waals surface area contributed by atoms with E-state index < -0.39 is 5.54 Å². The van der Waals surface area contributed by atoms with Crippen LogP contribution in [0.4, 0.5) is 0 Å². The normalized spacial score (nSPS) is 16.2. The number of rotatable bonds is 3. The number of hydrogen-bond donors (Lipinski definition) is 1. The molecule has 5 heteroatoms. The highest BCUT2D eigenvalue weighted by Gasteiger charge is 2.47. The summed E-state index contributed by atoms with van der Waals surface area (Å²) < 4.78 is 5.61. The standard InChI is InChI=1S/C12H12BrNO3/c1-7-5-8(17-2)11(16)10(13)9(7)12(3-4-12)14-6-15/h5,16H,3-4H2,1-2H3. The third-order valence-electron chi connectivity index (χ3n) is 3.07. The minimum Gasteiger partial charge on any atom is -0.503 e. The molecule has 0 atom stereocenters. The van der Waals surface area contributed by atoms with Crippen molar-refractivity contribution < 1.29 is 14.6 Å². The van der Waals surface area contributed by atoms with Crippen LogP contribution in [0.5, 0.6) is 11.5 Å². The molecule has 0 radical (unpaired) electrons. The van der Waals surface area contributed by atoms with Crippen LogP contribution in [-0.2, 0) is 10.3 Å². The fraction of sp³-hybridized carbons (Fsp3) is 0.417. The van der Waals surface area contributed by atoms with Gasteiger partial charge >= 0.3 is 0 Å². The molecule has 1 aliphatic rings. The minimum atomic E-state index is -0.506. The Morgan fingerprint density at radius 1 is 1.59 bits per heavy atom. The molecule has 1 aliphatic carbocycles. The number of aromatic hydroxyl groups is 1. The topological polar surface area (TPSA) is 58.9 Å². The van der Waals surface area contributed by atoms with Gasteiger partial charge in [-0.05, 0) is 47.3 Å². The molecule has 1 aromatic rings. The summed E-state index contributed by atoms with van der Waals surface area (Å²) in [4.78, 5) is 14.3. The molecule has 0 bridgehead atoms. The zero-order valence-corrected chi connectivity index (χ0v) is 11.2. The summed E-state index contributed by atoms with van der Waals surface area (Å²) in [6.07, 6.45) is 3.21. The van der Waals surface area contributed by atoms with Gasteiger partial charge in [-0.3, -0.25) is 0 Å². The predicted octanol–water partition coefficient (Wildman–Crippen LogP) is 2.80. The number of aryl methyl sites for hydroxylation is 1. The third-order valence-corrected chi connectivity index (χ3v) is 3.84. The molecule has 0 unspecified atom stereocenters. The molecular weight excluding hydrogens is 286 g/mol. The van der Waals surface area contributed by atoms with E-state index in [4.69, 9.17) is 4.74 Å². The van der Waals surface area contributed by atoms with Crippen molar-refractivity contribution in [1.29, 1.82) is 0 Å². The van der Waals surface area contributed by atoms with Crippen molar-refractivity contribution in [2.24, 2.45) is 4.99 Å². The zero-order valence-electron chi connectivity index (χ0n) is 9.58. The second-order valence-corrected chi connectivity index (χ2v) is 4.96. The van der Waals surface area contributed by atoms with Gasteiger partial charge in [-0.15, -0.1) is 0 Å². The van der Waals surface area contributed by atoms with E-state index in [9.17, 15) is 9.90 Å². The van der Waals surface area contributed by atoms with E-state index in [1.54, 1.807) is 12.1 Å². The van der Waals surface area contributed by atoms with E-state index in [1.807, 2.05) is 6.92 Å². The molecule has 1 aromatic carbocycles. The molecule has 0 amide bonds. The number of carbonyl (C=O) groups excluding carboxylic acids is 1. The Morgan fingerprint density at radius 3 is 2.71 bits per heavy atom. The second kappa shape index (κ2) is 4.17. The Bertz CT molecular complexity index is 517. The summed E-state index contributed by atoms with van der Waals surface area (Å²) >= 11 is 3.35. The molecule has 0 aromatic heterocycles. The van der Waals surface area contributed by atoms with Gasteiger partial charge in [0.25, 0.3) is 0 Å². The third kappa shape index (κ3) is 1.85. The van der Waals surface area contributed by atoms with Gasteiger partial charge in [0.15, 0.2) is 11.5 Å². The largest absolute Gasteiger partial charge is 0.503 e. The lowest BCUT2D eigenvalue weighted by molar-refractivity contribution is 0.370. The van der Waals surface area contributed by atoms with Crippen molar-refractivity contribution in [3.8, 4) is 11.5 Å². The molecule has 0 saturated heterocycles. The average Bonchev–Trinajstić information content (AvgIpc) is 3.05. The van der Waals surface area contributed by atoms with Crippen molar-refractivity contribution >= 4 is 22.0 Å². The number of phenolic OH excluding ortho intramolecular Hbond substituents is 1. The second-order valence-electron chi connectivity index (χ2n) is 4.17. The van der Waals surface area contributed by atoms with Gasteiger partial charge in [0.2, 0.25) is 6.08 Å². The lowest BCUT2D eigenvalue weighted by Crippen LogP contribution is -2.07. The van der Waals surface area contributed by atoms with Gasteiger partial charge in [0.05, 0.1) is 17.1 Å². The van der Waals surface area contributed by atoms with Crippen molar-refractivity contribution in [3.05, 3.63) is 21.7 Å². The van der Waals surface area contributed by atoms with E-state index in [-0.39, 0.29) is 5.75 Å². The van der Waals surface area contributed by atoms with Crippen LogP contribution in [0.3, 0.4) is 0 Å². The number of nitrogens with zero attached hydrogens (tertiary/aromatic N) is 1. The van der Waals surface area contributed by atoms with Crippen molar-refractivity contribution in [1.82, 2.24) is 0 Å². The maximum absolute atomic E-state index is 10.5. The van der Waals surface area contributed by atoms with E-state index in [2.05, 4.69) is 20.9 Å². The van der Waals surface area contributed by atoms with Crippen LogP contribution in [0.2, 0.25) is 0 Å². The molecule has 4 nitrogen and oxygen atoms in total. The van der Waals surface area contributed by atoms with Crippen LogP contribution in [0.25, 0.3) is 0 Å². The Labute approximate surface area is 107 Å². The highest BCUT2D eigenvalue weighted by Crippen LogP contribution is 2.55. The number of phenols is 1. The summed E-state index contributed by atoms with van der Waals surface area (Å²) in [6.45, 7) is 1.91. The predicted molar refractivity (Wildman–Crippen MR) is 66.1 cm³/mol. The Morgan fingerprint density at radius 2 is 2.24 bits per heavy atom.